The van der Waals surface area contributed by atoms with Crippen molar-refractivity contribution in [2.24, 2.45) is 0 Å². The van der Waals surface area contributed by atoms with E-state index in [1.807, 2.05) is 0 Å². The third-order valence-corrected chi connectivity index (χ3v) is 3.26. The molecule has 2 aromatic rings. The third-order valence-electron chi connectivity index (χ3n) is 2.93. The van der Waals surface area contributed by atoms with E-state index in [-0.39, 0.29) is 5.91 Å². The van der Waals surface area contributed by atoms with Gasteiger partial charge in [0.15, 0.2) is 6.61 Å². The zero-order chi connectivity index (χ0) is 16.1. The number of halogens is 1. The SMILES string of the molecule is Cc1cc(OCC(=O)O)ccc1NC(=O)c1ccccc1Cl. The maximum absolute atomic E-state index is 12.2. The molecule has 2 aromatic carbocycles. The Kier molecular flexibility index (Phi) is 5.01. The van der Waals surface area contributed by atoms with Gasteiger partial charge in [0.1, 0.15) is 5.75 Å². The maximum Gasteiger partial charge on any atom is 0.341 e. The van der Waals surface area contributed by atoms with Gasteiger partial charge in [0.25, 0.3) is 5.91 Å². The molecule has 114 valence electrons. The number of hydrogen-bond acceptors (Lipinski definition) is 3. The molecule has 0 radical (unpaired) electrons. The first kappa shape index (κ1) is 15.9. The second kappa shape index (κ2) is 6.95. The summed E-state index contributed by atoms with van der Waals surface area (Å²) in [7, 11) is 0. The van der Waals surface area contributed by atoms with Gasteiger partial charge in [0, 0.05) is 5.69 Å². The van der Waals surface area contributed by atoms with Gasteiger partial charge in [0.05, 0.1) is 10.6 Å². The Labute approximate surface area is 132 Å². The molecule has 0 aliphatic heterocycles. The van der Waals surface area contributed by atoms with E-state index < -0.39 is 12.6 Å². The predicted molar refractivity (Wildman–Crippen MR) is 83.7 cm³/mol. The lowest BCUT2D eigenvalue weighted by atomic mass is 10.1. The van der Waals surface area contributed by atoms with Crippen molar-refractivity contribution in [3.8, 4) is 5.75 Å². The largest absolute Gasteiger partial charge is 0.482 e. The summed E-state index contributed by atoms with van der Waals surface area (Å²) in [6.45, 7) is 1.38. The van der Waals surface area contributed by atoms with E-state index in [1.165, 1.54) is 0 Å². The number of ether oxygens (including phenoxy) is 1. The van der Waals surface area contributed by atoms with Gasteiger partial charge in [-0.1, -0.05) is 23.7 Å². The number of carbonyl (C=O) groups is 2. The third kappa shape index (κ3) is 3.99. The van der Waals surface area contributed by atoms with Crippen LogP contribution in [-0.2, 0) is 4.79 Å². The molecule has 0 bridgehead atoms. The van der Waals surface area contributed by atoms with Crippen LogP contribution in [0.4, 0.5) is 5.69 Å². The Morgan fingerprint density at radius 1 is 1.23 bits per heavy atom. The normalized spacial score (nSPS) is 10.1. The summed E-state index contributed by atoms with van der Waals surface area (Å²) in [5, 5.41) is 11.7. The van der Waals surface area contributed by atoms with Crippen molar-refractivity contribution in [3.05, 3.63) is 58.6 Å². The highest BCUT2D eigenvalue weighted by Crippen LogP contribution is 2.23. The van der Waals surface area contributed by atoms with Crippen LogP contribution in [0.1, 0.15) is 15.9 Å². The molecule has 1 amide bonds. The fourth-order valence-corrected chi connectivity index (χ4v) is 2.07. The van der Waals surface area contributed by atoms with E-state index in [0.29, 0.717) is 22.0 Å². The van der Waals surface area contributed by atoms with Crippen molar-refractivity contribution in [2.45, 2.75) is 6.92 Å². The number of rotatable bonds is 5. The molecule has 5 nitrogen and oxygen atoms in total. The number of nitrogens with one attached hydrogen (secondary N) is 1. The number of aliphatic carboxylic acids is 1. The number of hydrogen-bond donors (Lipinski definition) is 2. The molecule has 0 saturated heterocycles. The summed E-state index contributed by atoms with van der Waals surface area (Å²) in [4.78, 5) is 22.6. The smallest absolute Gasteiger partial charge is 0.341 e. The van der Waals surface area contributed by atoms with Crippen LogP contribution in [0.5, 0.6) is 5.75 Å². The summed E-state index contributed by atoms with van der Waals surface area (Å²) >= 11 is 5.98. The summed E-state index contributed by atoms with van der Waals surface area (Å²) < 4.78 is 5.08. The number of benzene rings is 2. The fourth-order valence-electron chi connectivity index (χ4n) is 1.85. The van der Waals surface area contributed by atoms with Crippen molar-refractivity contribution < 1.29 is 19.4 Å². The van der Waals surface area contributed by atoms with Crippen molar-refractivity contribution in [2.75, 3.05) is 11.9 Å². The molecule has 2 N–H and O–H groups in total. The highest BCUT2D eigenvalue weighted by molar-refractivity contribution is 6.34. The zero-order valence-corrected chi connectivity index (χ0v) is 12.6. The summed E-state index contributed by atoms with van der Waals surface area (Å²) in [5.41, 5.74) is 1.74. The predicted octanol–water partition coefficient (Wildman–Crippen LogP) is 3.36. The van der Waals surface area contributed by atoms with E-state index in [9.17, 15) is 9.59 Å². The van der Waals surface area contributed by atoms with E-state index in [1.54, 1.807) is 49.4 Å². The first-order chi connectivity index (χ1) is 10.5. The minimum atomic E-state index is -1.05. The van der Waals surface area contributed by atoms with Crippen LogP contribution in [0.25, 0.3) is 0 Å². The second-order valence-electron chi connectivity index (χ2n) is 4.59. The summed E-state index contributed by atoms with van der Waals surface area (Å²) in [5.74, 6) is -0.933. The maximum atomic E-state index is 12.2. The van der Waals surface area contributed by atoms with Gasteiger partial charge >= 0.3 is 5.97 Å². The van der Waals surface area contributed by atoms with Gasteiger partial charge in [-0.3, -0.25) is 4.79 Å². The molecule has 22 heavy (non-hydrogen) atoms. The van der Waals surface area contributed by atoms with Crippen molar-refractivity contribution >= 4 is 29.2 Å². The van der Waals surface area contributed by atoms with Crippen molar-refractivity contribution in [1.29, 1.82) is 0 Å². The molecule has 0 spiro atoms. The molecule has 0 atom stereocenters. The average molecular weight is 320 g/mol. The Morgan fingerprint density at radius 3 is 2.59 bits per heavy atom. The number of carboxylic acid groups (broad SMARTS) is 1. The summed E-state index contributed by atoms with van der Waals surface area (Å²) in [6, 6.07) is 11.7. The van der Waals surface area contributed by atoms with Gasteiger partial charge in [-0.25, -0.2) is 4.79 Å². The lowest BCUT2D eigenvalue weighted by Gasteiger charge is -2.11. The number of carbonyl (C=O) groups excluding carboxylic acids is 1. The molecule has 0 unspecified atom stereocenters. The minimum absolute atomic E-state index is 0.312. The Morgan fingerprint density at radius 2 is 1.95 bits per heavy atom. The van der Waals surface area contributed by atoms with Crippen LogP contribution < -0.4 is 10.1 Å². The topological polar surface area (TPSA) is 75.6 Å². The van der Waals surface area contributed by atoms with Crippen LogP contribution in [0, 0.1) is 6.92 Å². The van der Waals surface area contributed by atoms with E-state index in [2.05, 4.69) is 5.32 Å². The van der Waals surface area contributed by atoms with Gasteiger partial charge in [-0.2, -0.15) is 0 Å². The molecular formula is C16H14ClNO4. The van der Waals surface area contributed by atoms with Gasteiger partial charge in [-0.05, 0) is 42.8 Å². The zero-order valence-electron chi connectivity index (χ0n) is 11.8. The molecule has 0 saturated carbocycles. The molecular weight excluding hydrogens is 306 g/mol. The lowest BCUT2D eigenvalue weighted by Crippen LogP contribution is -2.13. The fraction of sp³-hybridized carbons (Fsp3) is 0.125. The number of anilines is 1. The highest BCUT2D eigenvalue weighted by atomic mass is 35.5. The van der Waals surface area contributed by atoms with E-state index in [0.717, 1.165) is 5.56 Å². The molecule has 0 aromatic heterocycles. The van der Waals surface area contributed by atoms with Crippen LogP contribution in [0.3, 0.4) is 0 Å². The number of carboxylic acids is 1. The molecule has 2 rings (SSSR count). The Bertz CT molecular complexity index is 715. The monoisotopic (exact) mass is 319 g/mol. The number of amides is 1. The van der Waals surface area contributed by atoms with Crippen LogP contribution in [0.2, 0.25) is 5.02 Å². The van der Waals surface area contributed by atoms with Crippen LogP contribution >= 0.6 is 11.6 Å². The highest BCUT2D eigenvalue weighted by Gasteiger charge is 2.11. The average Bonchev–Trinajstić information content (AvgIpc) is 2.48. The van der Waals surface area contributed by atoms with Crippen LogP contribution in [-0.4, -0.2) is 23.6 Å². The van der Waals surface area contributed by atoms with Crippen LogP contribution in [0.15, 0.2) is 42.5 Å². The minimum Gasteiger partial charge on any atom is -0.482 e. The van der Waals surface area contributed by atoms with E-state index >= 15 is 0 Å². The second-order valence-corrected chi connectivity index (χ2v) is 5.00. The molecule has 0 aliphatic rings. The quantitative estimate of drug-likeness (QED) is 0.886. The van der Waals surface area contributed by atoms with Gasteiger partial charge in [0.2, 0.25) is 0 Å². The van der Waals surface area contributed by atoms with E-state index in [4.69, 9.17) is 21.4 Å². The lowest BCUT2D eigenvalue weighted by molar-refractivity contribution is -0.139. The van der Waals surface area contributed by atoms with Crippen molar-refractivity contribution in [1.82, 2.24) is 0 Å². The first-order valence-corrected chi connectivity index (χ1v) is 6.86. The Balaban J connectivity index is 2.12. The van der Waals surface area contributed by atoms with Crippen molar-refractivity contribution in [3.63, 3.8) is 0 Å². The van der Waals surface area contributed by atoms with Gasteiger partial charge < -0.3 is 15.2 Å². The molecule has 0 heterocycles. The molecule has 0 fully saturated rings. The summed E-state index contributed by atoms with van der Waals surface area (Å²) in [6.07, 6.45) is 0. The number of aryl methyl sites for hydroxylation is 1. The van der Waals surface area contributed by atoms with Gasteiger partial charge in [-0.15, -0.1) is 0 Å². The standard InChI is InChI=1S/C16H14ClNO4/c1-10-8-11(22-9-15(19)20)6-7-14(10)18-16(21)12-4-2-3-5-13(12)17/h2-8H,9H2,1H3,(H,18,21)(H,19,20). The first-order valence-electron chi connectivity index (χ1n) is 6.48. The molecule has 6 heteroatoms. The Hall–Kier alpha value is -2.53. The molecule has 0 aliphatic carbocycles.